The van der Waals surface area contributed by atoms with Gasteiger partial charge in [0.2, 0.25) is 5.91 Å². The first-order valence-corrected chi connectivity index (χ1v) is 6.78. The van der Waals surface area contributed by atoms with Gasteiger partial charge in [-0.15, -0.1) is 0 Å². The normalized spacial score (nSPS) is 23.4. The Morgan fingerprint density at radius 2 is 2.11 bits per heavy atom. The molecule has 0 saturated heterocycles. The van der Waals surface area contributed by atoms with Crippen LogP contribution in [-0.2, 0) is 14.3 Å². The van der Waals surface area contributed by atoms with Gasteiger partial charge in [-0.25, -0.2) is 0 Å². The minimum atomic E-state index is -0.0738. The number of ether oxygens (including phenoxy) is 1. The van der Waals surface area contributed by atoms with E-state index in [0.29, 0.717) is 25.6 Å². The number of carbonyl (C=O) groups is 2. The molecule has 0 spiro atoms. The van der Waals surface area contributed by atoms with Gasteiger partial charge < -0.3 is 15.4 Å². The van der Waals surface area contributed by atoms with Crippen LogP contribution in [0.2, 0.25) is 0 Å². The van der Waals surface area contributed by atoms with Crippen molar-refractivity contribution in [3.63, 3.8) is 0 Å². The molecule has 2 N–H and O–H groups in total. The summed E-state index contributed by atoms with van der Waals surface area (Å²) in [5, 5.41) is 5.94. The van der Waals surface area contributed by atoms with E-state index in [1.165, 1.54) is 0 Å². The van der Waals surface area contributed by atoms with Gasteiger partial charge in [-0.2, -0.15) is 0 Å². The molecule has 2 unspecified atom stereocenters. The molecule has 0 heterocycles. The van der Waals surface area contributed by atoms with E-state index in [4.69, 9.17) is 4.74 Å². The lowest BCUT2D eigenvalue weighted by molar-refractivity contribution is -0.149. The molecule has 5 heteroatoms. The first-order chi connectivity index (χ1) is 8.67. The van der Waals surface area contributed by atoms with Gasteiger partial charge >= 0.3 is 5.97 Å². The number of amides is 1. The average Bonchev–Trinajstić information content (AvgIpc) is 2.39. The van der Waals surface area contributed by atoms with E-state index in [-0.39, 0.29) is 17.8 Å². The van der Waals surface area contributed by atoms with Gasteiger partial charge in [-0.05, 0) is 26.2 Å². The molecule has 18 heavy (non-hydrogen) atoms. The summed E-state index contributed by atoms with van der Waals surface area (Å²) in [4.78, 5) is 22.7. The second-order valence-corrected chi connectivity index (χ2v) is 4.69. The fourth-order valence-electron chi connectivity index (χ4n) is 2.36. The molecule has 0 aromatic rings. The van der Waals surface area contributed by atoms with Crippen LogP contribution < -0.4 is 10.6 Å². The summed E-state index contributed by atoms with van der Waals surface area (Å²) in [5.74, 6) is -0.00763. The van der Waals surface area contributed by atoms with Crippen molar-refractivity contribution in [1.29, 1.82) is 0 Å². The highest BCUT2D eigenvalue weighted by Crippen LogP contribution is 2.25. The molecule has 1 saturated carbocycles. The molecule has 5 nitrogen and oxygen atoms in total. The third-order valence-corrected chi connectivity index (χ3v) is 3.36. The fraction of sp³-hybridized carbons (Fsp3) is 0.846. The summed E-state index contributed by atoms with van der Waals surface area (Å²) in [6.45, 7) is 2.95. The number of hydrogen-bond donors (Lipinski definition) is 2. The van der Waals surface area contributed by atoms with Crippen molar-refractivity contribution >= 4 is 11.9 Å². The predicted octanol–water partition coefficient (Wildman–Crippen LogP) is 0.834. The zero-order valence-corrected chi connectivity index (χ0v) is 11.3. The zero-order valence-electron chi connectivity index (χ0n) is 11.3. The molecule has 1 aliphatic rings. The Labute approximate surface area is 109 Å². The van der Waals surface area contributed by atoms with Crippen molar-refractivity contribution in [2.75, 3.05) is 20.2 Å². The predicted molar refractivity (Wildman–Crippen MR) is 69.1 cm³/mol. The summed E-state index contributed by atoms with van der Waals surface area (Å²) in [6.07, 6.45) is 4.35. The van der Waals surface area contributed by atoms with Gasteiger partial charge in [0.05, 0.1) is 12.5 Å². The largest absolute Gasteiger partial charge is 0.466 e. The Bertz CT molecular complexity index is 281. The summed E-state index contributed by atoms with van der Waals surface area (Å²) < 4.78 is 5.06. The van der Waals surface area contributed by atoms with Crippen LogP contribution in [0.15, 0.2) is 0 Å². The average molecular weight is 256 g/mol. The molecular weight excluding hydrogens is 232 g/mol. The smallest absolute Gasteiger partial charge is 0.308 e. The lowest BCUT2D eigenvalue weighted by Gasteiger charge is -2.28. The van der Waals surface area contributed by atoms with E-state index in [1.807, 2.05) is 6.92 Å². The number of hydrogen-bond acceptors (Lipinski definition) is 4. The molecule has 1 amide bonds. The van der Waals surface area contributed by atoms with Gasteiger partial charge in [0, 0.05) is 26.1 Å². The van der Waals surface area contributed by atoms with Gasteiger partial charge in [0.1, 0.15) is 0 Å². The van der Waals surface area contributed by atoms with E-state index in [1.54, 1.807) is 7.05 Å². The molecular formula is C13H24N2O3. The van der Waals surface area contributed by atoms with Crippen LogP contribution in [0.5, 0.6) is 0 Å². The van der Waals surface area contributed by atoms with E-state index in [9.17, 15) is 9.59 Å². The highest BCUT2D eigenvalue weighted by Gasteiger charge is 2.27. The standard InChI is InChI=1S/C13H24N2O3/c1-3-18-13(17)10-5-4-6-11(9-10)15-8-7-12(16)14-2/h10-11,15H,3-9H2,1-2H3,(H,14,16). The maximum absolute atomic E-state index is 11.7. The SMILES string of the molecule is CCOC(=O)C1CCCC(NCCC(=O)NC)C1. The van der Waals surface area contributed by atoms with Crippen molar-refractivity contribution in [3.05, 3.63) is 0 Å². The maximum atomic E-state index is 11.7. The minimum absolute atomic E-state index is 0.0243. The Morgan fingerprint density at radius 3 is 2.78 bits per heavy atom. The van der Waals surface area contributed by atoms with Crippen LogP contribution in [0.3, 0.4) is 0 Å². The minimum Gasteiger partial charge on any atom is -0.466 e. The van der Waals surface area contributed by atoms with Crippen molar-refractivity contribution in [2.45, 2.75) is 45.1 Å². The zero-order chi connectivity index (χ0) is 13.4. The van der Waals surface area contributed by atoms with E-state index in [2.05, 4.69) is 10.6 Å². The van der Waals surface area contributed by atoms with Crippen molar-refractivity contribution < 1.29 is 14.3 Å². The number of carbonyl (C=O) groups excluding carboxylic acids is 2. The van der Waals surface area contributed by atoms with Gasteiger partial charge in [0.25, 0.3) is 0 Å². The van der Waals surface area contributed by atoms with E-state index in [0.717, 1.165) is 25.7 Å². The van der Waals surface area contributed by atoms with Gasteiger partial charge in [-0.3, -0.25) is 9.59 Å². The summed E-state index contributed by atoms with van der Waals surface area (Å²) in [5.41, 5.74) is 0. The summed E-state index contributed by atoms with van der Waals surface area (Å²) in [6, 6.07) is 0.331. The van der Waals surface area contributed by atoms with Crippen LogP contribution in [-0.4, -0.2) is 38.1 Å². The molecule has 0 radical (unpaired) electrons. The molecule has 104 valence electrons. The number of esters is 1. The fourth-order valence-corrected chi connectivity index (χ4v) is 2.36. The molecule has 2 atom stereocenters. The number of nitrogens with one attached hydrogen (secondary N) is 2. The van der Waals surface area contributed by atoms with Crippen LogP contribution in [0.1, 0.15) is 39.0 Å². The monoisotopic (exact) mass is 256 g/mol. The highest BCUT2D eigenvalue weighted by molar-refractivity contribution is 5.75. The Balaban J connectivity index is 2.26. The van der Waals surface area contributed by atoms with E-state index < -0.39 is 0 Å². The molecule has 0 aromatic heterocycles. The van der Waals surface area contributed by atoms with Crippen molar-refractivity contribution in [3.8, 4) is 0 Å². The highest BCUT2D eigenvalue weighted by atomic mass is 16.5. The molecule has 0 aliphatic heterocycles. The first kappa shape index (κ1) is 15.0. The topological polar surface area (TPSA) is 67.4 Å². The number of rotatable bonds is 6. The Morgan fingerprint density at radius 1 is 1.33 bits per heavy atom. The van der Waals surface area contributed by atoms with Crippen molar-refractivity contribution in [1.82, 2.24) is 10.6 Å². The Hall–Kier alpha value is -1.10. The van der Waals surface area contributed by atoms with Crippen LogP contribution in [0.4, 0.5) is 0 Å². The lowest BCUT2D eigenvalue weighted by atomic mass is 9.85. The lowest BCUT2D eigenvalue weighted by Crippen LogP contribution is -2.38. The van der Waals surface area contributed by atoms with Crippen LogP contribution in [0, 0.1) is 5.92 Å². The molecule has 1 aliphatic carbocycles. The summed E-state index contributed by atoms with van der Waals surface area (Å²) in [7, 11) is 1.64. The third-order valence-electron chi connectivity index (χ3n) is 3.36. The second kappa shape index (κ2) is 8.08. The van der Waals surface area contributed by atoms with E-state index >= 15 is 0 Å². The van der Waals surface area contributed by atoms with Gasteiger partial charge in [0.15, 0.2) is 0 Å². The molecule has 0 aromatic carbocycles. The third kappa shape index (κ3) is 5.04. The molecule has 1 rings (SSSR count). The molecule has 1 fully saturated rings. The summed E-state index contributed by atoms with van der Waals surface area (Å²) >= 11 is 0. The first-order valence-electron chi connectivity index (χ1n) is 6.78. The van der Waals surface area contributed by atoms with Crippen LogP contribution in [0.25, 0.3) is 0 Å². The quantitative estimate of drug-likeness (QED) is 0.691. The maximum Gasteiger partial charge on any atom is 0.308 e. The molecule has 0 bridgehead atoms. The second-order valence-electron chi connectivity index (χ2n) is 4.69. The Kier molecular flexibility index (Phi) is 6.72. The van der Waals surface area contributed by atoms with Crippen LogP contribution >= 0.6 is 0 Å². The van der Waals surface area contributed by atoms with Crippen molar-refractivity contribution in [2.24, 2.45) is 5.92 Å². The van der Waals surface area contributed by atoms with Gasteiger partial charge in [-0.1, -0.05) is 6.42 Å².